The summed E-state index contributed by atoms with van der Waals surface area (Å²) in [5.74, 6) is 0. The van der Waals surface area contributed by atoms with E-state index >= 15 is 0 Å². The Labute approximate surface area is 91.8 Å². The van der Waals surface area contributed by atoms with Crippen LogP contribution >= 0.6 is 0 Å². The zero-order valence-electron chi connectivity index (χ0n) is 9.57. The first-order chi connectivity index (χ1) is 7.27. The second-order valence-corrected chi connectivity index (χ2v) is 3.37. The van der Waals surface area contributed by atoms with Crippen LogP contribution in [0.2, 0.25) is 0 Å². The van der Waals surface area contributed by atoms with Crippen molar-refractivity contribution in [1.82, 2.24) is 0 Å². The number of nitrogens with two attached hydrogens (primary N) is 1. The Kier molecular flexibility index (Phi) is 4.98. The minimum absolute atomic E-state index is 0.773. The monoisotopic (exact) mass is 208 g/mol. The molecule has 15 heavy (non-hydrogen) atoms. The molecule has 1 rings (SSSR count). The summed E-state index contributed by atoms with van der Waals surface area (Å²) in [7, 11) is 0. The van der Waals surface area contributed by atoms with E-state index in [1.54, 1.807) is 0 Å². The largest absolute Gasteiger partial charge is 0.399 e. The van der Waals surface area contributed by atoms with Gasteiger partial charge >= 0.3 is 0 Å². The van der Waals surface area contributed by atoms with Crippen LogP contribution in [0.15, 0.2) is 24.3 Å². The normalized spacial score (nSPS) is 10.3. The maximum Gasteiger partial charge on any atom is 0.0641 e. The standard InChI is InChI=1S/C12H20N2O/c1-3-14(9-10-15-4-2)12-7-5-11(13)6-8-12/h5-8H,3-4,9-10,13H2,1-2H3. The van der Waals surface area contributed by atoms with Crippen molar-refractivity contribution < 1.29 is 4.74 Å². The summed E-state index contributed by atoms with van der Waals surface area (Å²) in [6.07, 6.45) is 0. The lowest BCUT2D eigenvalue weighted by Gasteiger charge is -2.22. The highest BCUT2D eigenvalue weighted by molar-refractivity contribution is 5.52. The van der Waals surface area contributed by atoms with Gasteiger partial charge in [0.05, 0.1) is 6.61 Å². The molecule has 3 nitrogen and oxygen atoms in total. The summed E-state index contributed by atoms with van der Waals surface area (Å²) in [4.78, 5) is 2.27. The number of benzene rings is 1. The third-order valence-electron chi connectivity index (χ3n) is 2.35. The van der Waals surface area contributed by atoms with E-state index in [0.29, 0.717) is 0 Å². The van der Waals surface area contributed by atoms with Crippen LogP contribution in [0.5, 0.6) is 0 Å². The molecular formula is C12H20N2O. The zero-order chi connectivity index (χ0) is 11.1. The Hall–Kier alpha value is -1.22. The number of hydrogen-bond acceptors (Lipinski definition) is 3. The second kappa shape index (κ2) is 6.30. The lowest BCUT2D eigenvalue weighted by Crippen LogP contribution is -2.27. The number of nitrogens with zero attached hydrogens (tertiary/aromatic N) is 1. The number of hydrogen-bond donors (Lipinski definition) is 1. The molecule has 0 heterocycles. The highest BCUT2D eigenvalue weighted by Gasteiger charge is 2.02. The van der Waals surface area contributed by atoms with E-state index in [1.165, 1.54) is 5.69 Å². The van der Waals surface area contributed by atoms with E-state index in [-0.39, 0.29) is 0 Å². The van der Waals surface area contributed by atoms with Crippen molar-refractivity contribution in [1.29, 1.82) is 0 Å². The lowest BCUT2D eigenvalue weighted by atomic mass is 10.2. The number of nitrogen functional groups attached to an aromatic ring is 1. The van der Waals surface area contributed by atoms with Crippen LogP contribution in [0.25, 0.3) is 0 Å². The summed E-state index contributed by atoms with van der Waals surface area (Å²) in [6.45, 7) is 7.61. The van der Waals surface area contributed by atoms with Gasteiger partial charge in [-0.25, -0.2) is 0 Å². The van der Waals surface area contributed by atoms with Crippen LogP contribution in [0.4, 0.5) is 11.4 Å². The van der Waals surface area contributed by atoms with Crippen LogP contribution in [0.1, 0.15) is 13.8 Å². The van der Waals surface area contributed by atoms with Gasteiger partial charge < -0.3 is 15.4 Å². The lowest BCUT2D eigenvalue weighted by molar-refractivity contribution is 0.154. The molecule has 0 unspecified atom stereocenters. The topological polar surface area (TPSA) is 38.5 Å². The second-order valence-electron chi connectivity index (χ2n) is 3.37. The average molecular weight is 208 g/mol. The van der Waals surface area contributed by atoms with Crippen molar-refractivity contribution in [3.63, 3.8) is 0 Å². The van der Waals surface area contributed by atoms with Gasteiger partial charge in [-0.2, -0.15) is 0 Å². The van der Waals surface area contributed by atoms with Crippen molar-refractivity contribution in [3.8, 4) is 0 Å². The number of rotatable bonds is 6. The Morgan fingerprint density at radius 2 is 1.87 bits per heavy atom. The van der Waals surface area contributed by atoms with E-state index in [0.717, 1.165) is 32.0 Å². The third-order valence-corrected chi connectivity index (χ3v) is 2.35. The molecule has 2 N–H and O–H groups in total. The molecule has 0 spiro atoms. The molecule has 0 radical (unpaired) electrons. The quantitative estimate of drug-likeness (QED) is 0.575. The summed E-state index contributed by atoms with van der Waals surface area (Å²) in [5.41, 5.74) is 7.65. The van der Waals surface area contributed by atoms with Gasteiger partial charge in [-0.15, -0.1) is 0 Å². The zero-order valence-corrected chi connectivity index (χ0v) is 9.57. The smallest absolute Gasteiger partial charge is 0.0641 e. The van der Waals surface area contributed by atoms with Gasteiger partial charge in [-0.1, -0.05) is 0 Å². The van der Waals surface area contributed by atoms with Crippen molar-refractivity contribution in [2.75, 3.05) is 36.9 Å². The molecule has 0 amide bonds. The summed E-state index contributed by atoms with van der Waals surface area (Å²) < 4.78 is 5.34. The molecule has 1 aromatic carbocycles. The van der Waals surface area contributed by atoms with Gasteiger partial charge in [-0.05, 0) is 38.1 Å². The fraction of sp³-hybridized carbons (Fsp3) is 0.500. The van der Waals surface area contributed by atoms with Crippen LogP contribution in [0.3, 0.4) is 0 Å². The maximum absolute atomic E-state index is 5.65. The van der Waals surface area contributed by atoms with Crippen molar-refractivity contribution in [2.45, 2.75) is 13.8 Å². The first-order valence-corrected chi connectivity index (χ1v) is 5.46. The van der Waals surface area contributed by atoms with E-state index < -0.39 is 0 Å². The summed E-state index contributed by atoms with van der Waals surface area (Å²) in [6, 6.07) is 7.95. The minimum atomic E-state index is 0.773. The highest BCUT2D eigenvalue weighted by atomic mass is 16.5. The molecule has 1 aromatic rings. The molecule has 0 atom stereocenters. The highest BCUT2D eigenvalue weighted by Crippen LogP contribution is 2.15. The first kappa shape index (κ1) is 11.9. The number of likely N-dealkylation sites (N-methyl/N-ethyl adjacent to an activating group) is 1. The molecule has 0 aliphatic rings. The summed E-state index contributed by atoms with van der Waals surface area (Å²) in [5, 5.41) is 0. The molecule has 0 aliphatic carbocycles. The predicted molar refractivity (Wildman–Crippen MR) is 65.2 cm³/mol. The van der Waals surface area contributed by atoms with Crippen LogP contribution in [-0.2, 0) is 4.74 Å². The average Bonchev–Trinajstić information content (AvgIpc) is 2.26. The minimum Gasteiger partial charge on any atom is -0.399 e. The van der Waals surface area contributed by atoms with Gasteiger partial charge in [0, 0.05) is 31.1 Å². The van der Waals surface area contributed by atoms with Gasteiger partial charge in [0.2, 0.25) is 0 Å². The molecule has 0 fully saturated rings. The van der Waals surface area contributed by atoms with Crippen molar-refractivity contribution >= 4 is 11.4 Å². The van der Waals surface area contributed by atoms with Crippen molar-refractivity contribution in [3.05, 3.63) is 24.3 Å². The van der Waals surface area contributed by atoms with E-state index in [1.807, 2.05) is 31.2 Å². The fourth-order valence-corrected chi connectivity index (χ4v) is 1.47. The Balaban J connectivity index is 2.53. The Bertz CT molecular complexity index is 271. The van der Waals surface area contributed by atoms with E-state index in [4.69, 9.17) is 10.5 Å². The van der Waals surface area contributed by atoms with E-state index in [9.17, 15) is 0 Å². The van der Waals surface area contributed by atoms with Gasteiger partial charge in [-0.3, -0.25) is 0 Å². The third kappa shape index (κ3) is 3.80. The number of anilines is 2. The molecule has 3 heteroatoms. The number of ether oxygens (including phenoxy) is 1. The maximum atomic E-state index is 5.65. The van der Waals surface area contributed by atoms with Gasteiger partial charge in [0.1, 0.15) is 0 Å². The predicted octanol–water partition coefficient (Wildman–Crippen LogP) is 2.13. The SMILES string of the molecule is CCOCCN(CC)c1ccc(N)cc1. The van der Waals surface area contributed by atoms with Gasteiger partial charge in [0.25, 0.3) is 0 Å². The molecule has 0 saturated carbocycles. The van der Waals surface area contributed by atoms with Crippen molar-refractivity contribution in [2.24, 2.45) is 0 Å². The van der Waals surface area contributed by atoms with Crippen LogP contribution in [-0.4, -0.2) is 26.3 Å². The Morgan fingerprint density at radius 3 is 2.40 bits per heavy atom. The molecule has 0 aliphatic heterocycles. The molecule has 0 bridgehead atoms. The fourth-order valence-electron chi connectivity index (χ4n) is 1.47. The molecule has 84 valence electrons. The molecular weight excluding hydrogens is 188 g/mol. The summed E-state index contributed by atoms with van der Waals surface area (Å²) >= 11 is 0. The van der Waals surface area contributed by atoms with E-state index in [2.05, 4.69) is 11.8 Å². The van der Waals surface area contributed by atoms with Crippen LogP contribution < -0.4 is 10.6 Å². The first-order valence-electron chi connectivity index (χ1n) is 5.46. The molecule has 0 saturated heterocycles. The van der Waals surface area contributed by atoms with Crippen LogP contribution in [0, 0.1) is 0 Å². The Morgan fingerprint density at radius 1 is 1.20 bits per heavy atom. The molecule has 0 aromatic heterocycles. The van der Waals surface area contributed by atoms with Gasteiger partial charge in [0.15, 0.2) is 0 Å².